The molecule has 0 N–H and O–H groups in total. The molecule has 0 heteroatoms. The van der Waals surface area contributed by atoms with Crippen LogP contribution in [0.5, 0.6) is 0 Å². The molecule has 1 aromatic carbocycles. The summed E-state index contributed by atoms with van der Waals surface area (Å²) in [6, 6.07) is 11.5. The SMILES string of the molecule is c1ccc(C2C3CCCC3C[C@@H]3CCCC23)cc1. The van der Waals surface area contributed by atoms with Crippen molar-refractivity contribution in [3.8, 4) is 0 Å². The molecular formula is C18H24. The zero-order chi connectivity index (χ0) is 11.9. The van der Waals surface area contributed by atoms with Crippen molar-refractivity contribution in [1.29, 1.82) is 0 Å². The monoisotopic (exact) mass is 240 g/mol. The highest BCUT2D eigenvalue weighted by molar-refractivity contribution is 5.24. The van der Waals surface area contributed by atoms with Gasteiger partial charge in [-0.1, -0.05) is 56.0 Å². The fourth-order valence-corrected chi connectivity index (χ4v) is 5.54. The van der Waals surface area contributed by atoms with Gasteiger partial charge in [0.05, 0.1) is 0 Å². The molecule has 0 aliphatic heterocycles. The van der Waals surface area contributed by atoms with Crippen molar-refractivity contribution in [1.82, 2.24) is 0 Å². The molecule has 0 aromatic heterocycles. The predicted molar refractivity (Wildman–Crippen MR) is 75.5 cm³/mol. The van der Waals surface area contributed by atoms with Crippen LogP contribution in [0.25, 0.3) is 0 Å². The predicted octanol–water partition coefficient (Wildman–Crippen LogP) is 5.01. The van der Waals surface area contributed by atoms with Crippen molar-refractivity contribution in [3.63, 3.8) is 0 Å². The maximum atomic E-state index is 2.40. The van der Waals surface area contributed by atoms with Gasteiger partial charge in [0.25, 0.3) is 0 Å². The van der Waals surface area contributed by atoms with Crippen molar-refractivity contribution in [2.24, 2.45) is 23.7 Å². The maximum Gasteiger partial charge on any atom is -0.01000 e. The van der Waals surface area contributed by atoms with E-state index in [0.717, 1.165) is 29.6 Å². The van der Waals surface area contributed by atoms with E-state index in [0.29, 0.717) is 0 Å². The van der Waals surface area contributed by atoms with Gasteiger partial charge in [-0.15, -0.1) is 0 Å². The largest absolute Gasteiger partial charge is 0.0622 e. The van der Waals surface area contributed by atoms with E-state index in [-0.39, 0.29) is 0 Å². The highest BCUT2D eigenvalue weighted by Gasteiger charge is 2.47. The second kappa shape index (κ2) is 4.40. The van der Waals surface area contributed by atoms with E-state index in [4.69, 9.17) is 0 Å². The molecule has 18 heavy (non-hydrogen) atoms. The van der Waals surface area contributed by atoms with E-state index in [9.17, 15) is 0 Å². The van der Waals surface area contributed by atoms with E-state index >= 15 is 0 Å². The molecule has 1 aromatic rings. The standard InChI is InChI=1S/C18H24/c1-2-6-13(7-3-1)18-16-10-4-8-14(16)12-15-9-5-11-17(15)18/h1-3,6-7,14-18H,4-5,8-12H2/t14-,15?,16?,17?,18?/m0/s1. The summed E-state index contributed by atoms with van der Waals surface area (Å²) >= 11 is 0. The van der Waals surface area contributed by atoms with E-state index in [2.05, 4.69) is 30.3 Å². The minimum absolute atomic E-state index is 0.903. The lowest BCUT2D eigenvalue weighted by Gasteiger charge is -2.43. The zero-order valence-corrected chi connectivity index (χ0v) is 11.2. The molecule has 4 rings (SSSR count). The summed E-state index contributed by atoms with van der Waals surface area (Å²) in [6.07, 6.45) is 10.6. The molecule has 4 unspecified atom stereocenters. The summed E-state index contributed by atoms with van der Waals surface area (Å²) < 4.78 is 0. The topological polar surface area (TPSA) is 0 Å². The van der Waals surface area contributed by atoms with Crippen LogP contribution in [0.2, 0.25) is 0 Å². The molecule has 0 saturated heterocycles. The maximum absolute atomic E-state index is 2.40. The van der Waals surface area contributed by atoms with Crippen molar-refractivity contribution < 1.29 is 0 Å². The Balaban J connectivity index is 1.72. The number of fused-ring (bicyclic) bond motifs is 2. The fourth-order valence-electron chi connectivity index (χ4n) is 5.54. The van der Waals surface area contributed by atoms with Gasteiger partial charge >= 0.3 is 0 Å². The van der Waals surface area contributed by atoms with E-state index in [1.807, 2.05) is 0 Å². The number of hydrogen-bond donors (Lipinski definition) is 0. The minimum atomic E-state index is 0.903. The van der Waals surface area contributed by atoms with Crippen molar-refractivity contribution in [2.45, 2.75) is 50.9 Å². The first-order valence-electron chi connectivity index (χ1n) is 7.98. The smallest absolute Gasteiger partial charge is 0.01000 e. The van der Waals surface area contributed by atoms with E-state index in [1.165, 1.54) is 38.5 Å². The van der Waals surface area contributed by atoms with Gasteiger partial charge in [0, 0.05) is 0 Å². The number of hydrogen-bond acceptors (Lipinski definition) is 0. The lowest BCUT2D eigenvalue weighted by molar-refractivity contribution is 0.122. The molecule has 0 heterocycles. The van der Waals surface area contributed by atoms with Gasteiger partial charge in [-0.2, -0.15) is 0 Å². The van der Waals surface area contributed by atoms with Gasteiger partial charge in [-0.25, -0.2) is 0 Å². The van der Waals surface area contributed by atoms with Gasteiger partial charge in [-0.3, -0.25) is 0 Å². The van der Waals surface area contributed by atoms with Gasteiger partial charge in [0.15, 0.2) is 0 Å². The second-order valence-corrected chi connectivity index (χ2v) is 6.88. The molecule has 3 aliphatic rings. The van der Waals surface area contributed by atoms with Gasteiger partial charge < -0.3 is 0 Å². The normalized spacial score (nSPS) is 42.6. The molecule has 0 spiro atoms. The molecule has 0 amide bonds. The first kappa shape index (κ1) is 11.1. The summed E-state index contributed by atoms with van der Waals surface area (Å²) in [7, 11) is 0. The molecule has 0 radical (unpaired) electrons. The third-order valence-electron chi connectivity index (χ3n) is 6.15. The highest BCUT2D eigenvalue weighted by atomic mass is 14.5. The average molecular weight is 240 g/mol. The van der Waals surface area contributed by atoms with E-state index < -0.39 is 0 Å². The Bertz CT molecular complexity index is 387. The van der Waals surface area contributed by atoms with Crippen LogP contribution in [0.3, 0.4) is 0 Å². The number of rotatable bonds is 1. The quantitative estimate of drug-likeness (QED) is 0.647. The lowest BCUT2D eigenvalue weighted by atomic mass is 9.62. The summed E-state index contributed by atoms with van der Waals surface area (Å²) in [6.45, 7) is 0. The molecule has 96 valence electrons. The first-order chi connectivity index (χ1) is 8.93. The molecule has 3 saturated carbocycles. The molecule has 0 bridgehead atoms. The van der Waals surface area contributed by atoms with Crippen LogP contribution in [0, 0.1) is 23.7 Å². The van der Waals surface area contributed by atoms with Crippen LogP contribution in [-0.4, -0.2) is 0 Å². The van der Waals surface area contributed by atoms with Crippen molar-refractivity contribution in [2.75, 3.05) is 0 Å². The molecule has 5 atom stereocenters. The third kappa shape index (κ3) is 1.65. The van der Waals surface area contributed by atoms with Crippen LogP contribution in [0.1, 0.15) is 56.4 Å². The Morgan fingerprint density at radius 1 is 0.722 bits per heavy atom. The Hall–Kier alpha value is -0.780. The summed E-state index contributed by atoms with van der Waals surface area (Å²) in [5.74, 6) is 5.07. The highest BCUT2D eigenvalue weighted by Crippen LogP contribution is 2.58. The van der Waals surface area contributed by atoms with Crippen LogP contribution in [0.15, 0.2) is 30.3 Å². The summed E-state index contributed by atoms with van der Waals surface area (Å²) in [4.78, 5) is 0. The number of benzene rings is 1. The Morgan fingerprint density at radius 2 is 1.33 bits per heavy atom. The van der Waals surface area contributed by atoms with E-state index in [1.54, 1.807) is 12.0 Å². The van der Waals surface area contributed by atoms with Crippen LogP contribution in [-0.2, 0) is 0 Å². The van der Waals surface area contributed by atoms with Crippen molar-refractivity contribution in [3.05, 3.63) is 35.9 Å². The fraction of sp³-hybridized carbons (Fsp3) is 0.667. The summed E-state index contributed by atoms with van der Waals surface area (Å²) in [5.41, 5.74) is 1.66. The van der Waals surface area contributed by atoms with Crippen LogP contribution < -0.4 is 0 Å². The minimum Gasteiger partial charge on any atom is -0.0622 e. The van der Waals surface area contributed by atoms with Gasteiger partial charge in [0.2, 0.25) is 0 Å². The van der Waals surface area contributed by atoms with Crippen molar-refractivity contribution >= 4 is 0 Å². The summed E-state index contributed by atoms with van der Waals surface area (Å²) in [5, 5.41) is 0. The third-order valence-corrected chi connectivity index (χ3v) is 6.15. The van der Waals surface area contributed by atoms with Crippen LogP contribution >= 0.6 is 0 Å². The van der Waals surface area contributed by atoms with Gasteiger partial charge in [0.1, 0.15) is 0 Å². The Morgan fingerprint density at radius 3 is 1.94 bits per heavy atom. The Kier molecular flexibility index (Phi) is 2.71. The second-order valence-electron chi connectivity index (χ2n) is 6.88. The molecule has 0 nitrogen and oxygen atoms in total. The average Bonchev–Trinajstić information content (AvgIpc) is 3.04. The first-order valence-corrected chi connectivity index (χ1v) is 7.98. The lowest BCUT2D eigenvalue weighted by Crippen LogP contribution is -2.33. The van der Waals surface area contributed by atoms with Gasteiger partial charge in [-0.05, 0) is 54.4 Å². The molecule has 3 aliphatic carbocycles. The molecule has 3 fully saturated rings. The molecular weight excluding hydrogens is 216 g/mol. The zero-order valence-electron chi connectivity index (χ0n) is 11.2. The van der Waals surface area contributed by atoms with Crippen LogP contribution in [0.4, 0.5) is 0 Å². The Labute approximate surface area is 111 Å².